The Morgan fingerprint density at radius 3 is 1.20 bits per heavy atom. The summed E-state index contributed by atoms with van der Waals surface area (Å²) in [5.74, 6) is -3.11. The second-order valence-electron chi connectivity index (χ2n) is 19.8. The number of hydrogen-bond donors (Lipinski definition) is 6. The predicted octanol–water partition coefficient (Wildman–Crippen LogP) is 17.6. The summed E-state index contributed by atoms with van der Waals surface area (Å²) in [6.07, 6.45) is -11.4. The number of methoxy groups -OCH3 is 2. The van der Waals surface area contributed by atoms with Crippen LogP contribution in [0.25, 0.3) is 0 Å². The van der Waals surface area contributed by atoms with Gasteiger partial charge in [0, 0.05) is 49.9 Å². The van der Waals surface area contributed by atoms with Crippen LogP contribution in [-0.2, 0) is 58.1 Å². The topological polar surface area (TPSA) is 361 Å². The molecule has 0 spiro atoms. The van der Waals surface area contributed by atoms with Gasteiger partial charge in [-0.2, -0.15) is 45.0 Å². The van der Waals surface area contributed by atoms with Crippen molar-refractivity contribution in [2.75, 3.05) is 57.4 Å². The molecule has 0 radical (unpaired) electrons. The molecule has 44 heteroatoms. The summed E-state index contributed by atoms with van der Waals surface area (Å²) < 4.78 is 212. The number of pyridine rings is 3. The number of sulfonamides is 3. The van der Waals surface area contributed by atoms with Crippen molar-refractivity contribution in [3.05, 3.63) is 246 Å². The number of carbonyl (C=O) groups is 3. The standard InChI is InChI=1S/C21H16Cl2F3N3O4S.C19H12Cl2F3N3O3S.C15H11Cl2F3N2O5S.C6H7N.ClHN4/c1-33-12-29(34(31,32)15-7-8-17(23)16(10-15)21(24,25)26)18-9-13(22)11-27-19(18)20(30)28-14-5-3-2-4-6-14;20-11-8-16(17(25-10-11)18(28)26-12-4-2-1-3-5-12)27-31(29,30)13-6-7-15(21)14(9-13)19(22,23)24;1-27-7-22(12-4-8(16)6-21-13(12)14(23)24)28(25,26)9-2-3-11(17)10(5-9)15(18,19)20;7-6-4-2-1-3-5-6;1-3-5-4-2/h2-11H,12H2,1H3,(H,28,30);1-10,27H,(H,26,28);2-6H,7H2,1H3,(H,23,24);1-5H,7H2;2H. The van der Waals surface area contributed by atoms with Crippen molar-refractivity contribution in [3.63, 3.8) is 0 Å². The van der Waals surface area contributed by atoms with E-state index in [1.54, 1.807) is 60.7 Å². The van der Waals surface area contributed by atoms with Gasteiger partial charge >= 0.3 is 24.5 Å². The lowest BCUT2D eigenvalue weighted by molar-refractivity contribution is -0.138. The zero-order valence-corrected chi connectivity index (χ0v) is 60.3. The number of benzene rings is 6. The number of nitrogen functional groups attached to an aromatic ring is 1. The Balaban J connectivity index is 0.000000262. The number of carboxylic acid groups (broad SMARTS) is 1. The number of hydrogen-bond acceptors (Lipinski definition) is 17. The van der Waals surface area contributed by atoms with Crippen molar-refractivity contribution >= 4 is 163 Å². The van der Waals surface area contributed by atoms with E-state index in [0.717, 1.165) is 86.0 Å². The van der Waals surface area contributed by atoms with Gasteiger partial charge in [0.2, 0.25) is 0 Å². The zero-order chi connectivity index (χ0) is 78.4. The number of nitrogens with zero attached hydrogens (tertiary/aromatic N) is 8. The maximum atomic E-state index is 13.4. The van der Waals surface area contributed by atoms with Crippen LogP contribution in [0.1, 0.15) is 48.2 Å². The molecule has 0 saturated heterocycles. The highest BCUT2D eigenvalue weighted by Crippen LogP contribution is 2.41. The average molecular weight is 1670 g/mol. The Morgan fingerprint density at radius 1 is 0.514 bits per heavy atom. The fourth-order valence-electron chi connectivity index (χ4n) is 8.05. The minimum Gasteiger partial charge on any atom is -0.476 e. The van der Waals surface area contributed by atoms with Gasteiger partial charge in [0.15, 0.2) is 17.1 Å². The first-order chi connectivity index (χ1) is 49.1. The Kier molecular flexibility index (Phi) is 31.4. The quantitative estimate of drug-likeness (QED) is 0.0144. The molecular formula is C61H47Cl7F9N13O12S3. The zero-order valence-electron chi connectivity index (χ0n) is 52.6. The van der Waals surface area contributed by atoms with Gasteiger partial charge in [0.05, 0.1) is 90.4 Å². The number of carboxylic acids is 1. The monoisotopic (exact) mass is 1670 g/mol. The number of para-hydroxylation sites is 3. The van der Waals surface area contributed by atoms with Crippen LogP contribution in [0, 0.1) is 5.53 Å². The average Bonchev–Trinajstić information content (AvgIpc) is 0.778. The highest BCUT2D eigenvalue weighted by Gasteiger charge is 2.39. The summed E-state index contributed by atoms with van der Waals surface area (Å²) in [4.78, 5) is 46.0. The third-order valence-corrected chi connectivity index (χ3v) is 19.1. The van der Waals surface area contributed by atoms with Crippen LogP contribution in [0.4, 0.5) is 73.6 Å². The highest BCUT2D eigenvalue weighted by atomic mass is 35.5. The summed E-state index contributed by atoms with van der Waals surface area (Å²) >= 11 is 38.9. The fraction of sp³-hybridized carbons (Fsp3) is 0.115. The number of ether oxygens (including phenoxy) is 2. The second-order valence-corrected chi connectivity index (χ2v) is 27.9. The summed E-state index contributed by atoms with van der Waals surface area (Å²) in [6.45, 7) is -1.37. The molecule has 6 aromatic carbocycles. The summed E-state index contributed by atoms with van der Waals surface area (Å²) in [5, 5.41) is 17.3. The van der Waals surface area contributed by atoms with Gasteiger partial charge in [-0.25, -0.2) is 53.6 Å². The maximum Gasteiger partial charge on any atom is 0.417 e. The Morgan fingerprint density at radius 2 is 0.857 bits per heavy atom. The van der Waals surface area contributed by atoms with Crippen LogP contribution in [0.3, 0.4) is 0 Å². The van der Waals surface area contributed by atoms with Crippen molar-refractivity contribution < 1.29 is 93.7 Å². The van der Waals surface area contributed by atoms with Crippen molar-refractivity contribution in [2.24, 2.45) is 15.1 Å². The van der Waals surface area contributed by atoms with Crippen molar-refractivity contribution in [1.29, 1.82) is 5.53 Å². The number of alkyl halides is 9. The molecule has 7 N–H and O–H groups in total. The molecule has 3 aromatic heterocycles. The number of anilines is 6. The van der Waals surface area contributed by atoms with Crippen molar-refractivity contribution in [2.45, 2.75) is 33.2 Å². The normalized spacial score (nSPS) is 11.5. The molecule has 3 heterocycles. The maximum absolute atomic E-state index is 13.4. The first kappa shape index (κ1) is 86.4. The number of nitrogens with one attached hydrogen (secondary N) is 4. The third-order valence-electron chi connectivity index (χ3n) is 12.6. The van der Waals surface area contributed by atoms with Gasteiger partial charge in [0.1, 0.15) is 13.5 Å². The number of carbonyl (C=O) groups excluding carboxylic acids is 2. The lowest BCUT2D eigenvalue weighted by Crippen LogP contribution is -2.35. The number of aromatic carboxylic acids is 1. The molecule has 2 amide bonds. The number of halogens is 16. The molecule has 0 atom stereocenters. The van der Waals surface area contributed by atoms with E-state index in [9.17, 15) is 84.3 Å². The molecule has 0 unspecified atom stereocenters. The molecule has 9 rings (SSSR count). The van der Waals surface area contributed by atoms with E-state index in [4.69, 9.17) is 90.3 Å². The Labute approximate surface area is 625 Å². The molecule has 105 heavy (non-hydrogen) atoms. The molecule has 0 aliphatic heterocycles. The second kappa shape index (κ2) is 38.1. The van der Waals surface area contributed by atoms with E-state index in [2.05, 4.69) is 57.2 Å². The molecule has 0 fully saturated rings. The van der Waals surface area contributed by atoms with Gasteiger partial charge < -0.3 is 30.9 Å². The van der Waals surface area contributed by atoms with Crippen LogP contribution in [-0.4, -0.2) is 90.8 Å². The number of rotatable bonds is 19. The Bertz CT molecular complexity index is 4950. The van der Waals surface area contributed by atoms with Crippen molar-refractivity contribution in [1.82, 2.24) is 15.0 Å². The van der Waals surface area contributed by atoms with Gasteiger partial charge in [-0.05, 0) is 120 Å². The number of nitrogens with two attached hydrogens (primary N) is 1. The van der Waals surface area contributed by atoms with Crippen LogP contribution in [0.5, 0.6) is 0 Å². The van der Waals surface area contributed by atoms with Gasteiger partial charge in [-0.15, -0.1) is 0 Å². The third kappa shape index (κ3) is 24.7. The predicted molar refractivity (Wildman–Crippen MR) is 373 cm³/mol. The van der Waals surface area contributed by atoms with Gasteiger partial charge in [-0.1, -0.05) is 129 Å². The van der Waals surface area contributed by atoms with Crippen LogP contribution >= 0.6 is 81.4 Å². The van der Waals surface area contributed by atoms with Crippen molar-refractivity contribution in [3.8, 4) is 0 Å². The van der Waals surface area contributed by atoms with Crippen LogP contribution < -0.4 is 29.7 Å². The first-order valence-electron chi connectivity index (χ1n) is 27.9. The Hall–Kier alpha value is -9.25. The largest absolute Gasteiger partial charge is 0.476 e. The van der Waals surface area contributed by atoms with Crippen LogP contribution in [0.15, 0.2) is 212 Å². The number of aromatic nitrogens is 3. The van der Waals surface area contributed by atoms with E-state index in [1.807, 2.05) is 30.3 Å². The van der Waals surface area contributed by atoms with Crippen LogP contribution in [0.2, 0.25) is 30.1 Å². The molecule has 9 aromatic rings. The molecule has 0 aliphatic rings. The van der Waals surface area contributed by atoms with E-state index in [1.165, 1.54) is 7.11 Å². The smallest absolute Gasteiger partial charge is 0.417 e. The minimum atomic E-state index is -4.90. The van der Waals surface area contributed by atoms with E-state index in [0.29, 0.717) is 38.2 Å². The highest BCUT2D eigenvalue weighted by molar-refractivity contribution is 7.93. The van der Waals surface area contributed by atoms with E-state index >= 15 is 0 Å². The first-order valence-corrected chi connectivity index (χ1v) is 34.9. The molecule has 0 aliphatic carbocycles. The lowest BCUT2D eigenvalue weighted by Gasteiger charge is -2.25. The summed E-state index contributed by atoms with van der Waals surface area (Å²) in [5.41, 5.74) is 6.41. The molecular weight excluding hydrogens is 1620 g/mol. The minimum absolute atomic E-state index is 0.000970. The van der Waals surface area contributed by atoms with E-state index in [-0.39, 0.29) is 37.8 Å². The summed E-state index contributed by atoms with van der Waals surface area (Å²) in [7, 11) is -11.6. The SMILES string of the molecule is COCN(c1cc(Cl)cnc1C(=O)Nc1ccccc1)S(=O)(=O)c1ccc(Cl)c(C(F)(F)F)c1.COCN(c1cc(Cl)cnc1C(=O)O)S(=O)(=O)c1ccc(Cl)c(C(F)(F)F)c1.N=NN=NCl.Nc1ccccc1.O=C(Nc1ccccc1)c1ncc(Cl)cc1NS(=O)(=O)c1ccc(Cl)c(C(F)(F)F)c1. The molecule has 0 bridgehead atoms. The fourth-order valence-corrected chi connectivity index (χ4v) is 13.1. The lowest BCUT2D eigenvalue weighted by atomic mass is 10.2. The van der Waals surface area contributed by atoms with Gasteiger partial charge in [0.25, 0.3) is 41.9 Å². The number of amides is 2. The summed E-state index contributed by atoms with van der Waals surface area (Å²) in [6, 6.07) is 35.5. The van der Waals surface area contributed by atoms with Gasteiger partial charge in [-0.3, -0.25) is 14.3 Å². The molecule has 25 nitrogen and oxygen atoms in total. The van der Waals surface area contributed by atoms with E-state index < -0.39 is 138 Å². The molecule has 0 saturated carbocycles. The molecule has 558 valence electrons.